The fourth-order valence-electron chi connectivity index (χ4n) is 6.84. The number of aryl methyl sites for hydroxylation is 1. The molecule has 0 saturated carbocycles. The molecule has 3 aromatic rings. The molecule has 59 heavy (non-hydrogen) atoms. The van der Waals surface area contributed by atoms with Gasteiger partial charge in [0, 0.05) is 73.1 Å². The molecule has 1 N–H and O–H groups in total. The number of carboxylic acid groups (broad SMARTS) is 1. The lowest BCUT2D eigenvalue weighted by Gasteiger charge is -2.28. The lowest BCUT2D eigenvalue weighted by molar-refractivity contribution is -0.140. The number of ether oxygens (including phenoxy) is 6. The van der Waals surface area contributed by atoms with Crippen LogP contribution in [0, 0.1) is 6.92 Å². The third-order valence-corrected chi connectivity index (χ3v) is 9.90. The van der Waals surface area contributed by atoms with Crippen molar-refractivity contribution in [3.8, 4) is 39.7 Å². The quantitative estimate of drug-likeness (QED) is 0.126. The number of nitrogens with zero attached hydrogens (tertiary/aromatic N) is 4. The first kappa shape index (κ1) is 42.1. The summed E-state index contributed by atoms with van der Waals surface area (Å²) in [5, 5.41) is 11.5. The van der Waals surface area contributed by atoms with Crippen LogP contribution in [0.4, 0.5) is 17.1 Å². The van der Waals surface area contributed by atoms with Gasteiger partial charge in [0.05, 0.1) is 44.9 Å². The van der Waals surface area contributed by atoms with Crippen LogP contribution in [0.2, 0.25) is 0 Å². The predicted molar refractivity (Wildman–Crippen MR) is 224 cm³/mol. The third-order valence-electron chi connectivity index (χ3n) is 9.90. The molecule has 15 nitrogen and oxygen atoms in total. The van der Waals surface area contributed by atoms with Crippen molar-refractivity contribution in [2.75, 3.05) is 116 Å². The van der Waals surface area contributed by atoms with Crippen LogP contribution in [0.3, 0.4) is 0 Å². The van der Waals surface area contributed by atoms with Gasteiger partial charge in [-0.2, -0.15) is 0 Å². The van der Waals surface area contributed by atoms with Crippen molar-refractivity contribution in [1.82, 2.24) is 4.58 Å². The number of carbonyl (C=O) groups excluding carboxylic acids is 2. The van der Waals surface area contributed by atoms with Gasteiger partial charge >= 0.3 is 17.9 Å². The molecule has 3 aromatic carbocycles. The number of carboxylic acids is 1. The van der Waals surface area contributed by atoms with Crippen molar-refractivity contribution in [3.05, 3.63) is 77.7 Å². The van der Waals surface area contributed by atoms with Gasteiger partial charge in [-0.1, -0.05) is 6.07 Å². The van der Waals surface area contributed by atoms with Crippen molar-refractivity contribution in [1.29, 1.82) is 0 Å². The molecule has 0 aromatic heterocycles. The number of carbonyl (C=O) groups is 3. The Morgan fingerprint density at radius 1 is 0.780 bits per heavy atom. The van der Waals surface area contributed by atoms with E-state index in [0.717, 1.165) is 33.1 Å². The summed E-state index contributed by atoms with van der Waals surface area (Å²) in [6.45, 7) is 2.24. The topological polar surface area (TPSA) is 153 Å². The van der Waals surface area contributed by atoms with E-state index in [0.29, 0.717) is 46.3 Å². The second-order valence-corrected chi connectivity index (χ2v) is 14.4. The first-order chi connectivity index (χ1) is 28.4. The number of benzene rings is 4. The van der Waals surface area contributed by atoms with Gasteiger partial charge in [0.1, 0.15) is 69.0 Å². The summed E-state index contributed by atoms with van der Waals surface area (Å²) in [6.07, 6.45) is 0. The SMILES string of the molecule is COC(=O)CN1CCOCCN(CC(=O)OC)c2cc(OCC(=O)O)c(-c3c4ccc(=[N+](C)C)cc-4oc4cc(N(C)C)ccc34)cc2OCCOc2cc(C)ccc21. The Morgan fingerprint density at radius 2 is 1.44 bits per heavy atom. The Morgan fingerprint density at radius 3 is 2.07 bits per heavy atom. The number of methoxy groups -OCH3 is 2. The van der Waals surface area contributed by atoms with Crippen LogP contribution >= 0.6 is 0 Å². The van der Waals surface area contributed by atoms with Crippen molar-refractivity contribution < 1.29 is 52.3 Å². The van der Waals surface area contributed by atoms with E-state index in [1.807, 2.05) is 104 Å². The largest absolute Gasteiger partial charge is 0.488 e. The van der Waals surface area contributed by atoms with Crippen LogP contribution in [-0.2, 0) is 28.6 Å². The van der Waals surface area contributed by atoms with Crippen molar-refractivity contribution in [3.63, 3.8) is 0 Å². The molecule has 0 saturated heterocycles. The zero-order chi connectivity index (χ0) is 42.2. The predicted octanol–water partition coefficient (Wildman–Crippen LogP) is 4.52. The van der Waals surface area contributed by atoms with E-state index in [9.17, 15) is 19.5 Å². The summed E-state index contributed by atoms with van der Waals surface area (Å²) >= 11 is 0. The molecule has 0 radical (unpaired) electrons. The Hall–Kier alpha value is -6.48. The van der Waals surface area contributed by atoms with E-state index in [2.05, 4.69) is 0 Å². The number of hydrogen-bond donors (Lipinski definition) is 1. The molecule has 0 spiro atoms. The molecule has 15 heteroatoms. The molecular weight excluding hydrogens is 761 g/mol. The van der Waals surface area contributed by atoms with Crippen LogP contribution in [0.1, 0.15) is 5.56 Å². The molecular formula is C44H51N4O11+. The summed E-state index contributed by atoms with van der Waals surface area (Å²) < 4.78 is 43.8. The third kappa shape index (κ3) is 9.98. The molecule has 2 heterocycles. The molecule has 1 aliphatic carbocycles. The summed E-state index contributed by atoms with van der Waals surface area (Å²) in [5.74, 6) is -0.329. The van der Waals surface area contributed by atoms with Crippen LogP contribution in [0.5, 0.6) is 17.2 Å². The lowest BCUT2D eigenvalue weighted by atomic mass is 9.92. The standard InChI is InChI=1S/C44H50N4O11/c1-28-8-13-34-39(20-28)56-18-19-57-40-23-33(44-31-11-9-29(45(2)3)21-37(31)59-38-22-30(46(4)5)10-12-32(38)44)36(58-27-41(49)50)24-35(40)48(26-43(52)54-7)15-17-55-16-14-47(34)25-42(51)53-6/h8-13,20-24H,14-19,25-27H2,1-7H3/p+1. The second-order valence-electron chi connectivity index (χ2n) is 14.4. The smallest absolute Gasteiger partial charge is 0.341 e. The van der Waals surface area contributed by atoms with Crippen LogP contribution in [0.15, 0.2) is 71.1 Å². The maximum Gasteiger partial charge on any atom is 0.341 e. The fraction of sp³-hybridized carbons (Fsp3) is 0.364. The van der Waals surface area contributed by atoms with Gasteiger partial charge in [-0.3, -0.25) is 9.59 Å². The molecule has 0 atom stereocenters. The minimum atomic E-state index is -1.17. The van der Waals surface area contributed by atoms with Crippen molar-refractivity contribution >= 4 is 45.9 Å². The van der Waals surface area contributed by atoms with E-state index in [-0.39, 0.29) is 51.8 Å². The number of fused-ring (bicyclic) bond motifs is 4. The molecule has 0 bridgehead atoms. The maximum atomic E-state index is 12.9. The average molecular weight is 812 g/mol. The Labute approximate surface area is 342 Å². The minimum Gasteiger partial charge on any atom is -0.488 e. The molecule has 2 aliphatic heterocycles. The summed E-state index contributed by atoms with van der Waals surface area (Å²) in [7, 11) is 10.4. The highest BCUT2D eigenvalue weighted by Gasteiger charge is 2.27. The van der Waals surface area contributed by atoms with Gasteiger partial charge in [-0.25, -0.2) is 9.37 Å². The molecule has 3 aliphatic rings. The Balaban J connectivity index is 1.55. The van der Waals surface area contributed by atoms with Gasteiger partial charge in [0.25, 0.3) is 0 Å². The normalized spacial score (nSPS) is 13.5. The molecule has 0 fully saturated rings. The van der Waals surface area contributed by atoms with Gasteiger partial charge < -0.3 is 52.6 Å². The number of anilines is 3. The highest BCUT2D eigenvalue weighted by atomic mass is 16.5. The summed E-state index contributed by atoms with van der Waals surface area (Å²) in [5.41, 5.74) is 5.65. The highest BCUT2D eigenvalue weighted by molar-refractivity contribution is 6.04. The first-order valence-corrected chi connectivity index (χ1v) is 19.2. The number of esters is 2. The maximum absolute atomic E-state index is 12.9. The lowest BCUT2D eigenvalue weighted by Crippen LogP contribution is -2.36. The van der Waals surface area contributed by atoms with Crippen LogP contribution < -0.4 is 38.8 Å². The number of aliphatic carboxylic acids is 1. The second kappa shape index (κ2) is 18.9. The number of rotatable bonds is 9. The van der Waals surface area contributed by atoms with E-state index < -0.39 is 24.5 Å². The van der Waals surface area contributed by atoms with E-state index in [1.165, 1.54) is 14.2 Å². The van der Waals surface area contributed by atoms with Crippen molar-refractivity contribution in [2.45, 2.75) is 6.92 Å². The molecule has 6 rings (SSSR count). The van der Waals surface area contributed by atoms with E-state index in [4.69, 9.17) is 32.8 Å². The summed E-state index contributed by atoms with van der Waals surface area (Å²) in [6, 6.07) is 21.1. The van der Waals surface area contributed by atoms with Gasteiger partial charge in [-0.05, 0) is 48.9 Å². The minimum absolute atomic E-state index is 0.0272. The highest BCUT2D eigenvalue weighted by Crippen LogP contribution is 2.48. The van der Waals surface area contributed by atoms with Crippen LogP contribution in [0.25, 0.3) is 33.4 Å². The zero-order valence-corrected chi connectivity index (χ0v) is 34.5. The van der Waals surface area contributed by atoms with Crippen molar-refractivity contribution in [2.24, 2.45) is 0 Å². The summed E-state index contributed by atoms with van der Waals surface area (Å²) in [4.78, 5) is 43.0. The molecule has 0 unspecified atom stereocenters. The van der Waals surface area contributed by atoms with E-state index in [1.54, 1.807) is 17.0 Å². The zero-order valence-electron chi connectivity index (χ0n) is 34.5. The first-order valence-electron chi connectivity index (χ1n) is 19.2. The Kier molecular flexibility index (Phi) is 13.5. The average Bonchev–Trinajstić information content (AvgIpc) is 3.22. The molecule has 0 amide bonds. The van der Waals surface area contributed by atoms with E-state index >= 15 is 0 Å². The molecule has 312 valence electrons. The van der Waals surface area contributed by atoms with Crippen LogP contribution in [-0.4, -0.2) is 125 Å². The monoisotopic (exact) mass is 811 g/mol. The van der Waals surface area contributed by atoms with Gasteiger partial charge in [-0.15, -0.1) is 0 Å². The number of hydrogen-bond acceptors (Lipinski definition) is 13. The van der Waals surface area contributed by atoms with Gasteiger partial charge in [0.15, 0.2) is 6.61 Å². The van der Waals surface area contributed by atoms with Gasteiger partial charge in [0.2, 0.25) is 5.36 Å². The Bertz CT molecular complexity index is 2370. The fourth-order valence-corrected chi connectivity index (χ4v) is 6.84.